The number of fused-ring (bicyclic) bond motifs is 3. The molecule has 1 aromatic rings. The quantitative estimate of drug-likeness (QED) is 0.539. The fraction of sp³-hybridized carbons (Fsp3) is 0.421. The third kappa shape index (κ3) is 2.04. The second kappa shape index (κ2) is 5.56. The minimum atomic E-state index is -1.79. The molecule has 1 aliphatic heterocycles. The van der Waals surface area contributed by atoms with Gasteiger partial charge in [0.05, 0.1) is 17.6 Å². The van der Waals surface area contributed by atoms with Crippen molar-refractivity contribution >= 4 is 17.3 Å². The maximum atomic E-state index is 12.5. The van der Waals surface area contributed by atoms with Crippen LogP contribution in [-0.4, -0.2) is 45.6 Å². The van der Waals surface area contributed by atoms with Gasteiger partial charge in [0, 0.05) is 12.7 Å². The van der Waals surface area contributed by atoms with Crippen LogP contribution in [0.1, 0.15) is 48.7 Å². The van der Waals surface area contributed by atoms with E-state index in [2.05, 4.69) is 0 Å². The first kappa shape index (κ1) is 18.9. The van der Waals surface area contributed by atoms with Gasteiger partial charge in [-0.1, -0.05) is 0 Å². The van der Waals surface area contributed by atoms with E-state index in [1.54, 1.807) is 0 Å². The number of allylic oxidation sites excluding steroid dienone is 1. The number of aliphatic hydroxyl groups is 1. The number of phenolic OH excluding ortho intramolecular Hbond substituents is 2. The molecule has 0 saturated carbocycles. The SMILES string of the molecule is CO[C@]12CC(=O)C(C(C)=O)=C(O)[C@]1(C)c1c(O)c(C)c(O)c(C(C)=O)c1O2. The van der Waals surface area contributed by atoms with Crippen LogP contribution in [0, 0.1) is 6.92 Å². The molecule has 0 amide bonds. The predicted molar refractivity (Wildman–Crippen MR) is 92.2 cm³/mol. The summed E-state index contributed by atoms with van der Waals surface area (Å²) < 4.78 is 11.3. The molecule has 2 aliphatic rings. The number of aromatic hydroxyl groups is 2. The van der Waals surface area contributed by atoms with Crippen molar-refractivity contribution in [2.45, 2.75) is 45.3 Å². The third-order valence-electron chi connectivity index (χ3n) is 5.58. The average Bonchev–Trinajstić information content (AvgIpc) is 2.82. The molecule has 0 spiro atoms. The number of ketones is 3. The van der Waals surface area contributed by atoms with Gasteiger partial charge in [0.1, 0.15) is 34.0 Å². The summed E-state index contributed by atoms with van der Waals surface area (Å²) in [5.41, 5.74) is -2.27. The first-order valence-corrected chi connectivity index (χ1v) is 8.26. The number of benzene rings is 1. The number of methoxy groups -OCH3 is 1. The van der Waals surface area contributed by atoms with Crippen molar-refractivity contribution in [1.29, 1.82) is 0 Å². The summed E-state index contributed by atoms with van der Waals surface area (Å²) in [6.07, 6.45) is -0.426. The Hall–Kier alpha value is -2.87. The van der Waals surface area contributed by atoms with Crippen molar-refractivity contribution in [3.05, 3.63) is 28.0 Å². The second-order valence-electron chi connectivity index (χ2n) is 7.02. The Kier molecular flexibility index (Phi) is 3.89. The molecular weight excluding hydrogens is 356 g/mol. The van der Waals surface area contributed by atoms with Gasteiger partial charge in [0.25, 0.3) is 0 Å². The monoisotopic (exact) mass is 376 g/mol. The number of phenols is 2. The maximum Gasteiger partial charge on any atom is 0.234 e. The summed E-state index contributed by atoms with van der Waals surface area (Å²) in [6, 6.07) is 0. The summed E-state index contributed by atoms with van der Waals surface area (Å²) in [6.45, 7) is 5.20. The van der Waals surface area contributed by atoms with Crippen molar-refractivity contribution in [2.75, 3.05) is 7.11 Å². The van der Waals surface area contributed by atoms with Gasteiger partial charge in [-0.2, -0.15) is 0 Å². The van der Waals surface area contributed by atoms with Crippen LogP contribution in [0.2, 0.25) is 0 Å². The lowest BCUT2D eigenvalue weighted by molar-refractivity contribution is -0.199. The van der Waals surface area contributed by atoms with E-state index >= 15 is 0 Å². The smallest absolute Gasteiger partial charge is 0.234 e. The van der Waals surface area contributed by atoms with Gasteiger partial charge in [-0.05, 0) is 27.7 Å². The zero-order valence-corrected chi connectivity index (χ0v) is 15.6. The molecule has 1 heterocycles. The summed E-state index contributed by atoms with van der Waals surface area (Å²) in [5, 5.41) is 32.0. The van der Waals surface area contributed by atoms with Crippen molar-refractivity contribution < 1.29 is 39.2 Å². The number of Topliss-reactive ketones (excluding diaryl/α,β-unsaturated/α-hetero) is 3. The number of hydrogen-bond acceptors (Lipinski definition) is 8. The number of rotatable bonds is 3. The van der Waals surface area contributed by atoms with Crippen LogP contribution < -0.4 is 4.74 Å². The molecule has 0 unspecified atom stereocenters. The van der Waals surface area contributed by atoms with Crippen LogP contribution in [0.5, 0.6) is 17.2 Å². The van der Waals surface area contributed by atoms with Gasteiger partial charge < -0.3 is 24.8 Å². The minimum Gasteiger partial charge on any atom is -0.510 e. The lowest BCUT2D eigenvalue weighted by atomic mass is 9.66. The molecule has 0 radical (unpaired) electrons. The Labute approximate surface area is 155 Å². The van der Waals surface area contributed by atoms with Gasteiger partial charge in [-0.3, -0.25) is 14.4 Å². The molecule has 8 nitrogen and oxygen atoms in total. The Bertz CT molecular complexity index is 957. The van der Waals surface area contributed by atoms with Crippen molar-refractivity contribution in [3.8, 4) is 17.2 Å². The van der Waals surface area contributed by atoms with Gasteiger partial charge >= 0.3 is 0 Å². The minimum absolute atomic E-state index is 0.00440. The van der Waals surface area contributed by atoms with Crippen molar-refractivity contribution in [2.24, 2.45) is 0 Å². The highest BCUT2D eigenvalue weighted by atomic mass is 16.7. The maximum absolute atomic E-state index is 12.5. The Balaban J connectivity index is 2.52. The van der Waals surface area contributed by atoms with Gasteiger partial charge in [-0.15, -0.1) is 0 Å². The van der Waals surface area contributed by atoms with E-state index in [0.717, 1.165) is 6.92 Å². The number of carbonyl (C=O) groups is 3. The van der Waals surface area contributed by atoms with Crippen LogP contribution in [0.25, 0.3) is 0 Å². The van der Waals surface area contributed by atoms with Gasteiger partial charge in [-0.25, -0.2) is 0 Å². The fourth-order valence-electron chi connectivity index (χ4n) is 4.05. The largest absolute Gasteiger partial charge is 0.510 e. The van der Waals surface area contributed by atoms with Crippen LogP contribution in [0.3, 0.4) is 0 Å². The molecule has 3 N–H and O–H groups in total. The normalized spacial score (nSPS) is 26.5. The highest BCUT2D eigenvalue weighted by Gasteiger charge is 2.67. The highest BCUT2D eigenvalue weighted by Crippen LogP contribution is 2.62. The van der Waals surface area contributed by atoms with Gasteiger partial charge in [0.15, 0.2) is 17.3 Å². The van der Waals surface area contributed by atoms with E-state index < -0.39 is 57.8 Å². The molecule has 1 aromatic carbocycles. The Morgan fingerprint density at radius 2 is 1.70 bits per heavy atom. The molecule has 3 rings (SSSR count). The summed E-state index contributed by atoms with van der Waals surface area (Å²) >= 11 is 0. The molecular formula is C19H20O8. The third-order valence-corrected chi connectivity index (χ3v) is 5.58. The molecule has 27 heavy (non-hydrogen) atoms. The number of aliphatic hydroxyl groups excluding tert-OH is 1. The first-order chi connectivity index (χ1) is 12.4. The summed E-state index contributed by atoms with van der Waals surface area (Å²) in [7, 11) is 1.25. The Morgan fingerprint density at radius 3 is 2.19 bits per heavy atom. The molecule has 8 heteroatoms. The number of carbonyl (C=O) groups excluding carboxylic acids is 3. The second-order valence-corrected chi connectivity index (χ2v) is 7.02. The molecule has 0 bridgehead atoms. The predicted octanol–water partition coefficient (Wildman–Crippen LogP) is 1.98. The Morgan fingerprint density at radius 1 is 1.11 bits per heavy atom. The average molecular weight is 376 g/mol. The van der Waals surface area contributed by atoms with E-state index in [4.69, 9.17) is 9.47 Å². The molecule has 0 fully saturated rings. The van der Waals surface area contributed by atoms with Crippen LogP contribution in [-0.2, 0) is 19.7 Å². The molecule has 0 saturated heterocycles. The van der Waals surface area contributed by atoms with E-state index in [1.807, 2.05) is 0 Å². The highest BCUT2D eigenvalue weighted by molar-refractivity contribution is 6.21. The molecule has 144 valence electrons. The van der Waals surface area contributed by atoms with Gasteiger partial charge in [0.2, 0.25) is 5.79 Å². The summed E-state index contributed by atoms with van der Waals surface area (Å²) in [4.78, 5) is 36.6. The zero-order chi connectivity index (χ0) is 20.5. The van der Waals surface area contributed by atoms with Crippen molar-refractivity contribution in [3.63, 3.8) is 0 Å². The van der Waals surface area contributed by atoms with E-state index in [9.17, 15) is 29.7 Å². The van der Waals surface area contributed by atoms with Crippen LogP contribution in [0.4, 0.5) is 0 Å². The molecule has 1 aliphatic carbocycles. The van der Waals surface area contributed by atoms with E-state index in [0.29, 0.717) is 0 Å². The molecule has 2 atom stereocenters. The van der Waals surface area contributed by atoms with E-state index in [1.165, 1.54) is 27.9 Å². The first-order valence-electron chi connectivity index (χ1n) is 8.26. The lowest BCUT2D eigenvalue weighted by Crippen LogP contribution is -2.57. The summed E-state index contributed by atoms with van der Waals surface area (Å²) in [5.74, 6) is -5.33. The number of hydrogen-bond donors (Lipinski definition) is 3. The van der Waals surface area contributed by atoms with Crippen molar-refractivity contribution in [1.82, 2.24) is 0 Å². The topological polar surface area (TPSA) is 130 Å². The van der Waals surface area contributed by atoms with E-state index in [-0.39, 0.29) is 22.4 Å². The zero-order valence-electron chi connectivity index (χ0n) is 15.6. The lowest BCUT2D eigenvalue weighted by Gasteiger charge is -2.43. The molecule has 0 aromatic heterocycles. The van der Waals surface area contributed by atoms with Crippen LogP contribution in [0.15, 0.2) is 11.3 Å². The standard InChI is InChI=1S/C19H20O8/c1-7-14(23)12(9(3)21)16-13(15(7)24)18(4)17(25)11(8(2)20)10(22)6-19(18,26-5)27-16/h23-25H,6H2,1-5H3/t18-,19-/m0/s1. The van der Waals surface area contributed by atoms with Crippen LogP contribution >= 0.6 is 0 Å². The fourth-order valence-corrected chi connectivity index (χ4v) is 4.05. The number of ether oxygens (including phenoxy) is 2.